The van der Waals surface area contributed by atoms with Crippen molar-refractivity contribution >= 4 is 17.7 Å². The molecule has 134 valence electrons. The summed E-state index contributed by atoms with van der Waals surface area (Å²) in [5.41, 5.74) is -0.204. The zero-order valence-corrected chi connectivity index (χ0v) is 14.4. The molecular weight excluding hydrogens is 353 g/mol. The summed E-state index contributed by atoms with van der Waals surface area (Å²) in [6.07, 6.45) is -3.68. The van der Waals surface area contributed by atoms with Gasteiger partial charge >= 0.3 is 6.18 Å². The quantitative estimate of drug-likeness (QED) is 0.805. The molecule has 1 amide bonds. The lowest BCUT2D eigenvalue weighted by Gasteiger charge is -2.25. The van der Waals surface area contributed by atoms with Crippen LogP contribution in [0.1, 0.15) is 24.1 Å². The second-order valence-electron chi connectivity index (χ2n) is 5.41. The van der Waals surface area contributed by atoms with Gasteiger partial charge < -0.3 is 10.0 Å². The van der Waals surface area contributed by atoms with Crippen LogP contribution in [0.5, 0.6) is 5.75 Å². The summed E-state index contributed by atoms with van der Waals surface area (Å²) < 4.78 is 37.5. The number of hydrogen-bond donors (Lipinski definition) is 1. The number of aromatic nitrogens is 1. The number of phenolic OH excluding ortho intramolecular Hbond substituents is 1. The van der Waals surface area contributed by atoms with Gasteiger partial charge in [-0.1, -0.05) is 30.0 Å². The second-order valence-corrected chi connectivity index (χ2v) is 6.41. The molecule has 2 aromatic rings. The largest absolute Gasteiger partial charge is 0.508 e. The molecule has 4 nitrogen and oxygen atoms in total. The molecular formula is C17H17F3N2O2S. The van der Waals surface area contributed by atoms with Gasteiger partial charge in [0, 0.05) is 18.8 Å². The summed E-state index contributed by atoms with van der Waals surface area (Å²) in [5.74, 6) is -0.0820. The minimum Gasteiger partial charge on any atom is -0.508 e. The lowest BCUT2D eigenvalue weighted by atomic mass is 10.1. The van der Waals surface area contributed by atoms with Crippen molar-refractivity contribution in [2.24, 2.45) is 0 Å². The Hall–Kier alpha value is -2.22. The second kappa shape index (κ2) is 7.77. The number of aromatic hydroxyl groups is 1. The van der Waals surface area contributed by atoms with E-state index in [1.54, 1.807) is 38.2 Å². The molecule has 0 bridgehead atoms. The van der Waals surface area contributed by atoms with Crippen LogP contribution in [0, 0.1) is 0 Å². The molecule has 1 N–H and O–H groups in total. The van der Waals surface area contributed by atoms with Crippen LogP contribution in [0.4, 0.5) is 13.2 Å². The van der Waals surface area contributed by atoms with E-state index in [-0.39, 0.29) is 23.5 Å². The number of pyridine rings is 1. The number of rotatable bonds is 5. The lowest BCUT2D eigenvalue weighted by Crippen LogP contribution is -2.31. The highest BCUT2D eigenvalue weighted by Crippen LogP contribution is 2.30. The zero-order chi connectivity index (χ0) is 18.6. The minimum absolute atomic E-state index is 0.0345. The summed E-state index contributed by atoms with van der Waals surface area (Å²) in [7, 11) is 1.61. The average Bonchev–Trinajstić information content (AvgIpc) is 2.58. The molecule has 0 saturated carbocycles. The Balaban J connectivity index is 1.96. The van der Waals surface area contributed by atoms with Crippen LogP contribution in [-0.4, -0.2) is 33.7 Å². The summed E-state index contributed by atoms with van der Waals surface area (Å²) in [6, 6.07) is 8.58. The van der Waals surface area contributed by atoms with E-state index in [1.165, 1.54) is 11.0 Å². The van der Waals surface area contributed by atoms with E-state index in [9.17, 15) is 23.1 Å². The number of hydrogen-bond acceptors (Lipinski definition) is 4. The summed E-state index contributed by atoms with van der Waals surface area (Å²) in [4.78, 5) is 17.5. The maximum absolute atomic E-state index is 12.5. The first-order valence-corrected chi connectivity index (χ1v) is 8.38. The van der Waals surface area contributed by atoms with E-state index in [4.69, 9.17) is 0 Å². The topological polar surface area (TPSA) is 53.4 Å². The van der Waals surface area contributed by atoms with Crippen LogP contribution in [0.3, 0.4) is 0 Å². The monoisotopic (exact) mass is 370 g/mol. The van der Waals surface area contributed by atoms with Crippen LogP contribution in [0.15, 0.2) is 47.6 Å². The Morgan fingerprint density at radius 2 is 1.96 bits per heavy atom. The SMILES string of the molecule is CC(c1ccccc1O)N(C)C(=O)CSc1ccc(C(F)(F)F)cn1. The molecule has 1 unspecified atom stereocenters. The van der Waals surface area contributed by atoms with Gasteiger partial charge in [0.05, 0.1) is 22.4 Å². The van der Waals surface area contributed by atoms with Crippen molar-refractivity contribution < 1.29 is 23.1 Å². The molecule has 0 saturated heterocycles. The number of carbonyl (C=O) groups is 1. The van der Waals surface area contributed by atoms with E-state index in [0.717, 1.165) is 24.0 Å². The molecule has 0 aliphatic carbocycles. The smallest absolute Gasteiger partial charge is 0.417 e. The Labute approximate surface area is 147 Å². The number of carbonyl (C=O) groups excluding carboxylic acids is 1. The first kappa shape index (κ1) is 19.1. The third-order valence-corrected chi connectivity index (χ3v) is 4.70. The molecule has 1 atom stereocenters. The number of thioether (sulfide) groups is 1. The molecule has 0 spiro atoms. The molecule has 0 radical (unpaired) electrons. The fraction of sp³-hybridized carbons (Fsp3) is 0.294. The lowest BCUT2D eigenvalue weighted by molar-refractivity contribution is -0.138. The van der Waals surface area contributed by atoms with Gasteiger partial charge in [0.1, 0.15) is 5.75 Å². The predicted molar refractivity (Wildman–Crippen MR) is 89.3 cm³/mol. The number of benzene rings is 1. The number of para-hydroxylation sites is 1. The fourth-order valence-corrected chi connectivity index (χ4v) is 2.90. The summed E-state index contributed by atoms with van der Waals surface area (Å²) in [6.45, 7) is 1.79. The van der Waals surface area contributed by atoms with Crippen molar-refractivity contribution in [2.45, 2.75) is 24.2 Å². The Morgan fingerprint density at radius 1 is 1.28 bits per heavy atom. The summed E-state index contributed by atoms with van der Waals surface area (Å²) in [5, 5.41) is 10.2. The van der Waals surface area contributed by atoms with Gasteiger partial charge in [0.25, 0.3) is 0 Å². The number of nitrogens with zero attached hydrogens (tertiary/aromatic N) is 2. The van der Waals surface area contributed by atoms with Crippen molar-refractivity contribution in [1.29, 1.82) is 0 Å². The van der Waals surface area contributed by atoms with Crippen LogP contribution in [0.2, 0.25) is 0 Å². The van der Waals surface area contributed by atoms with Crippen molar-refractivity contribution in [3.05, 3.63) is 53.7 Å². The van der Waals surface area contributed by atoms with Crippen LogP contribution in [-0.2, 0) is 11.0 Å². The molecule has 1 aromatic carbocycles. The highest BCUT2D eigenvalue weighted by Gasteiger charge is 2.30. The predicted octanol–water partition coefficient (Wildman–Crippen LogP) is 4.12. The number of amides is 1. The van der Waals surface area contributed by atoms with Crippen molar-refractivity contribution in [2.75, 3.05) is 12.8 Å². The average molecular weight is 370 g/mol. The summed E-state index contributed by atoms with van der Waals surface area (Å²) >= 11 is 1.06. The number of phenols is 1. The van der Waals surface area contributed by atoms with Crippen LogP contribution < -0.4 is 0 Å². The van der Waals surface area contributed by atoms with Gasteiger partial charge in [-0.3, -0.25) is 4.79 Å². The maximum atomic E-state index is 12.5. The van der Waals surface area contributed by atoms with Gasteiger partial charge in [0.2, 0.25) is 5.91 Å². The number of alkyl halides is 3. The minimum atomic E-state index is -4.43. The third kappa shape index (κ3) is 4.88. The van der Waals surface area contributed by atoms with E-state index >= 15 is 0 Å². The third-order valence-electron chi connectivity index (χ3n) is 3.77. The molecule has 2 rings (SSSR count). The van der Waals surface area contributed by atoms with Gasteiger partial charge in [-0.25, -0.2) is 4.98 Å². The van der Waals surface area contributed by atoms with Gasteiger partial charge in [0.15, 0.2) is 0 Å². The van der Waals surface area contributed by atoms with Crippen LogP contribution >= 0.6 is 11.8 Å². The normalized spacial score (nSPS) is 12.7. The van der Waals surface area contributed by atoms with Crippen LogP contribution in [0.25, 0.3) is 0 Å². The standard InChI is InChI=1S/C17H17F3N2O2S/c1-11(13-5-3-4-6-14(13)23)22(2)16(24)10-25-15-8-7-12(9-21-15)17(18,19)20/h3-9,11,23H,10H2,1-2H3. The molecule has 1 heterocycles. The Morgan fingerprint density at radius 3 is 2.52 bits per heavy atom. The Kier molecular flexibility index (Phi) is 5.94. The fourth-order valence-electron chi connectivity index (χ4n) is 2.14. The van der Waals surface area contributed by atoms with Crippen molar-refractivity contribution in [3.63, 3.8) is 0 Å². The van der Waals surface area contributed by atoms with Gasteiger partial charge in [-0.2, -0.15) is 13.2 Å². The van der Waals surface area contributed by atoms with E-state index in [2.05, 4.69) is 4.98 Å². The van der Waals surface area contributed by atoms with Crippen molar-refractivity contribution in [3.8, 4) is 5.75 Å². The molecule has 0 aliphatic heterocycles. The first-order valence-electron chi connectivity index (χ1n) is 7.39. The molecule has 1 aromatic heterocycles. The zero-order valence-electron chi connectivity index (χ0n) is 13.6. The number of halogens is 3. The highest BCUT2D eigenvalue weighted by atomic mass is 32.2. The van der Waals surface area contributed by atoms with E-state index < -0.39 is 11.7 Å². The molecule has 25 heavy (non-hydrogen) atoms. The first-order chi connectivity index (χ1) is 11.7. The molecule has 0 aliphatic rings. The van der Waals surface area contributed by atoms with Crippen molar-refractivity contribution in [1.82, 2.24) is 9.88 Å². The molecule has 0 fully saturated rings. The van der Waals surface area contributed by atoms with E-state index in [0.29, 0.717) is 10.6 Å². The highest BCUT2D eigenvalue weighted by molar-refractivity contribution is 7.99. The maximum Gasteiger partial charge on any atom is 0.417 e. The van der Waals surface area contributed by atoms with Gasteiger partial charge in [-0.05, 0) is 25.1 Å². The van der Waals surface area contributed by atoms with E-state index in [1.807, 2.05) is 0 Å². The van der Waals surface area contributed by atoms with Gasteiger partial charge in [-0.15, -0.1) is 0 Å². The Bertz CT molecular complexity index is 735. The molecule has 8 heteroatoms.